The van der Waals surface area contributed by atoms with Gasteiger partial charge in [0.2, 0.25) is 5.82 Å². The van der Waals surface area contributed by atoms with Crippen molar-refractivity contribution < 1.29 is 4.52 Å². The Bertz CT molecular complexity index is 385. The van der Waals surface area contributed by atoms with Gasteiger partial charge in [-0.05, 0) is 11.4 Å². The molecule has 0 aliphatic carbocycles. The van der Waals surface area contributed by atoms with Crippen LogP contribution in [0.3, 0.4) is 0 Å². The van der Waals surface area contributed by atoms with Crippen LogP contribution in [0.15, 0.2) is 22.0 Å². The van der Waals surface area contributed by atoms with Crippen LogP contribution in [0.1, 0.15) is 10.7 Å². The third kappa shape index (κ3) is 1.85. The first-order valence-electron chi connectivity index (χ1n) is 3.43. The van der Waals surface area contributed by atoms with E-state index in [1.807, 2.05) is 17.5 Å². The third-order valence-electron chi connectivity index (χ3n) is 1.37. The Morgan fingerprint density at radius 2 is 2.31 bits per heavy atom. The van der Waals surface area contributed by atoms with Crippen molar-refractivity contribution in [2.75, 3.05) is 0 Å². The van der Waals surface area contributed by atoms with Crippen LogP contribution in [-0.4, -0.2) is 10.1 Å². The van der Waals surface area contributed by atoms with Gasteiger partial charge in [-0.25, -0.2) is 0 Å². The van der Waals surface area contributed by atoms with E-state index >= 15 is 0 Å². The SMILES string of the molecule is ClC(Cl)c1nc(-c2cccs2)no1. The van der Waals surface area contributed by atoms with E-state index in [4.69, 9.17) is 27.7 Å². The maximum absolute atomic E-state index is 5.55. The van der Waals surface area contributed by atoms with Gasteiger partial charge in [0.15, 0.2) is 4.84 Å². The molecular weight excluding hydrogens is 231 g/mol. The molecule has 0 aromatic carbocycles. The molecule has 2 rings (SSSR count). The smallest absolute Gasteiger partial charge is 0.260 e. The van der Waals surface area contributed by atoms with Crippen molar-refractivity contribution in [3.05, 3.63) is 23.4 Å². The maximum Gasteiger partial charge on any atom is 0.260 e. The second-order valence-electron chi connectivity index (χ2n) is 2.23. The number of thiophene rings is 1. The van der Waals surface area contributed by atoms with Crippen LogP contribution in [0.2, 0.25) is 0 Å². The van der Waals surface area contributed by atoms with Gasteiger partial charge in [-0.1, -0.05) is 34.4 Å². The maximum atomic E-state index is 5.55. The summed E-state index contributed by atoms with van der Waals surface area (Å²) in [6.45, 7) is 0. The molecule has 2 aromatic rings. The average molecular weight is 235 g/mol. The highest BCUT2D eigenvalue weighted by molar-refractivity contribution is 7.13. The third-order valence-corrected chi connectivity index (χ3v) is 2.61. The number of aromatic nitrogens is 2. The number of nitrogens with zero attached hydrogens (tertiary/aromatic N) is 2. The topological polar surface area (TPSA) is 38.9 Å². The number of alkyl halides is 2. The lowest BCUT2D eigenvalue weighted by atomic mass is 10.4. The molecule has 0 fully saturated rings. The Kier molecular flexibility index (Phi) is 2.53. The molecule has 0 aliphatic rings. The minimum Gasteiger partial charge on any atom is -0.336 e. The molecule has 3 nitrogen and oxygen atoms in total. The standard InChI is InChI=1S/C7H4Cl2N2OS/c8-5(9)7-10-6(11-12-7)4-2-1-3-13-4/h1-3,5H. The summed E-state index contributed by atoms with van der Waals surface area (Å²) in [4.78, 5) is 4.19. The minimum atomic E-state index is -0.763. The quantitative estimate of drug-likeness (QED) is 0.749. The van der Waals surface area contributed by atoms with Crippen LogP contribution in [0.25, 0.3) is 10.7 Å². The molecule has 13 heavy (non-hydrogen) atoms. The van der Waals surface area contributed by atoms with Crippen molar-refractivity contribution in [1.29, 1.82) is 0 Å². The number of halogens is 2. The fourth-order valence-electron chi connectivity index (χ4n) is 0.830. The molecule has 68 valence electrons. The van der Waals surface area contributed by atoms with E-state index in [0.717, 1.165) is 4.88 Å². The summed E-state index contributed by atoms with van der Waals surface area (Å²) in [6, 6.07) is 3.81. The van der Waals surface area contributed by atoms with Crippen molar-refractivity contribution in [3.8, 4) is 10.7 Å². The van der Waals surface area contributed by atoms with E-state index in [2.05, 4.69) is 10.1 Å². The van der Waals surface area contributed by atoms with Crippen molar-refractivity contribution in [1.82, 2.24) is 10.1 Å². The lowest BCUT2D eigenvalue weighted by Crippen LogP contribution is -1.80. The van der Waals surface area contributed by atoms with E-state index in [9.17, 15) is 0 Å². The second kappa shape index (κ2) is 3.65. The number of hydrogen-bond acceptors (Lipinski definition) is 4. The van der Waals surface area contributed by atoms with Gasteiger partial charge in [0, 0.05) is 0 Å². The Labute approximate surface area is 88.3 Å². The van der Waals surface area contributed by atoms with Crippen molar-refractivity contribution in [2.24, 2.45) is 0 Å². The number of rotatable bonds is 2. The molecule has 6 heteroatoms. The van der Waals surface area contributed by atoms with Crippen molar-refractivity contribution in [2.45, 2.75) is 4.84 Å². The fraction of sp³-hybridized carbons (Fsp3) is 0.143. The van der Waals surface area contributed by atoms with Gasteiger partial charge < -0.3 is 4.52 Å². The molecule has 0 amide bonds. The average Bonchev–Trinajstić information content (AvgIpc) is 2.75. The molecule has 2 heterocycles. The molecule has 0 saturated heterocycles. The van der Waals surface area contributed by atoms with E-state index in [0.29, 0.717) is 5.82 Å². The first-order chi connectivity index (χ1) is 6.27. The summed E-state index contributed by atoms with van der Waals surface area (Å²) in [5, 5.41) is 5.67. The Hall–Kier alpha value is -0.580. The zero-order valence-electron chi connectivity index (χ0n) is 6.28. The highest BCUT2D eigenvalue weighted by Crippen LogP contribution is 2.27. The van der Waals surface area contributed by atoms with Crippen LogP contribution in [-0.2, 0) is 0 Å². The van der Waals surface area contributed by atoms with E-state index < -0.39 is 4.84 Å². The van der Waals surface area contributed by atoms with Gasteiger partial charge in [0.25, 0.3) is 5.89 Å². The second-order valence-corrected chi connectivity index (χ2v) is 4.28. The van der Waals surface area contributed by atoms with Gasteiger partial charge in [-0.15, -0.1) is 11.3 Å². The largest absolute Gasteiger partial charge is 0.336 e. The highest BCUT2D eigenvalue weighted by Gasteiger charge is 2.14. The molecule has 0 unspecified atom stereocenters. The predicted molar refractivity (Wildman–Crippen MR) is 52.1 cm³/mol. The molecule has 0 bridgehead atoms. The summed E-state index contributed by atoms with van der Waals surface area (Å²) in [5.74, 6) is 0.753. The first-order valence-corrected chi connectivity index (χ1v) is 5.18. The molecular formula is C7H4Cl2N2OS. The lowest BCUT2D eigenvalue weighted by molar-refractivity contribution is 0.389. The van der Waals surface area contributed by atoms with Crippen LogP contribution in [0.4, 0.5) is 0 Å². The van der Waals surface area contributed by atoms with E-state index in [1.54, 1.807) is 0 Å². The molecule has 0 radical (unpaired) electrons. The molecule has 0 N–H and O–H groups in total. The number of hydrogen-bond donors (Lipinski definition) is 0. The summed E-state index contributed by atoms with van der Waals surface area (Å²) < 4.78 is 4.83. The highest BCUT2D eigenvalue weighted by atomic mass is 35.5. The van der Waals surface area contributed by atoms with E-state index in [1.165, 1.54) is 11.3 Å². The lowest BCUT2D eigenvalue weighted by Gasteiger charge is -1.87. The minimum absolute atomic E-state index is 0.228. The van der Waals surface area contributed by atoms with Gasteiger partial charge in [-0.3, -0.25) is 0 Å². The zero-order chi connectivity index (χ0) is 9.26. The van der Waals surface area contributed by atoms with Crippen LogP contribution in [0, 0.1) is 0 Å². The van der Waals surface area contributed by atoms with Crippen molar-refractivity contribution in [3.63, 3.8) is 0 Å². The fourth-order valence-corrected chi connectivity index (χ4v) is 1.66. The summed E-state index contributed by atoms with van der Waals surface area (Å²) >= 11 is 12.6. The predicted octanol–water partition coefficient (Wildman–Crippen LogP) is 3.27. The summed E-state index contributed by atoms with van der Waals surface area (Å²) in [5.41, 5.74) is 0. The first kappa shape index (κ1) is 8.99. The van der Waals surface area contributed by atoms with E-state index in [-0.39, 0.29) is 5.89 Å². The normalized spacial score (nSPS) is 11.0. The Morgan fingerprint density at radius 1 is 1.46 bits per heavy atom. The van der Waals surface area contributed by atoms with Gasteiger partial charge in [-0.2, -0.15) is 4.98 Å². The van der Waals surface area contributed by atoms with Gasteiger partial charge in [0.05, 0.1) is 4.88 Å². The zero-order valence-corrected chi connectivity index (χ0v) is 8.60. The Morgan fingerprint density at radius 3 is 2.85 bits per heavy atom. The van der Waals surface area contributed by atoms with Gasteiger partial charge in [0.1, 0.15) is 0 Å². The Balaban J connectivity index is 2.33. The molecule has 0 atom stereocenters. The van der Waals surface area contributed by atoms with Gasteiger partial charge >= 0.3 is 0 Å². The van der Waals surface area contributed by atoms with Crippen LogP contribution >= 0.6 is 34.5 Å². The summed E-state index contributed by atoms with van der Waals surface area (Å²) in [6.07, 6.45) is 0. The molecule has 0 spiro atoms. The molecule has 0 aliphatic heterocycles. The van der Waals surface area contributed by atoms with Crippen LogP contribution in [0.5, 0.6) is 0 Å². The summed E-state index contributed by atoms with van der Waals surface area (Å²) in [7, 11) is 0. The van der Waals surface area contributed by atoms with Crippen LogP contribution < -0.4 is 0 Å². The molecule has 2 aromatic heterocycles. The van der Waals surface area contributed by atoms with Crippen molar-refractivity contribution >= 4 is 34.5 Å². The monoisotopic (exact) mass is 234 g/mol. The molecule has 0 saturated carbocycles.